The number of hydrogen-bond acceptors (Lipinski definition) is 5. The second-order valence-corrected chi connectivity index (χ2v) is 7.12. The van der Waals surface area contributed by atoms with Crippen LogP contribution in [0, 0.1) is 0 Å². The number of ether oxygens (including phenoxy) is 1. The first-order chi connectivity index (χ1) is 11.6. The number of rotatable bonds is 9. The van der Waals surface area contributed by atoms with Crippen molar-refractivity contribution in [3.05, 3.63) is 0 Å². The van der Waals surface area contributed by atoms with E-state index in [1.54, 1.807) is 7.11 Å². The molecule has 1 fully saturated rings. The summed E-state index contributed by atoms with van der Waals surface area (Å²) in [6, 6.07) is 0. The van der Waals surface area contributed by atoms with Crippen LogP contribution in [-0.4, -0.2) is 99.2 Å². The van der Waals surface area contributed by atoms with Crippen molar-refractivity contribution >= 4 is 23.6 Å². The third-order valence-corrected chi connectivity index (χ3v) is 4.86. The summed E-state index contributed by atoms with van der Waals surface area (Å²) in [6.07, 6.45) is 2.11. The highest BCUT2D eigenvalue weighted by Crippen LogP contribution is 2.07. The number of carbonyl (C=O) groups excluding carboxylic acids is 1. The van der Waals surface area contributed by atoms with Gasteiger partial charge in [0, 0.05) is 51.6 Å². The van der Waals surface area contributed by atoms with E-state index in [1.165, 1.54) is 0 Å². The van der Waals surface area contributed by atoms with Gasteiger partial charge in [0.05, 0.1) is 19.7 Å². The molecule has 0 spiro atoms. The molecule has 1 aliphatic rings. The number of nitrogens with one attached hydrogen (secondary N) is 2. The molecule has 0 bridgehead atoms. The van der Waals surface area contributed by atoms with E-state index in [0.717, 1.165) is 45.2 Å². The highest BCUT2D eigenvalue weighted by Gasteiger charge is 2.21. The lowest BCUT2D eigenvalue weighted by Gasteiger charge is -2.36. The molecule has 7 nitrogen and oxygen atoms in total. The zero-order chi connectivity index (χ0) is 17.8. The predicted molar refractivity (Wildman–Crippen MR) is 102 cm³/mol. The number of aliphatic imine (C=N–C) groups is 1. The molecule has 8 heteroatoms. The van der Waals surface area contributed by atoms with Crippen LogP contribution in [0.1, 0.15) is 13.8 Å². The fourth-order valence-electron chi connectivity index (χ4n) is 2.38. The minimum Gasteiger partial charge on any atom is -0.383 e. The van der Waals surface area contributed by atoms with Gasteiger partial charge < -0.3 is 20.3 Å². The van der Waals surface area contributed by atoms with Crippen LogP contribution in [0.2, 0.25) is 0 Å². The van der Waals surface area contributed by atoms with E-state index in [1.807, 2.05) is 11.8 Å². The van der Waals surface area contributed by atoms with Gasteiger partial charge in [-0.25, -0.2) is 0 Å². The third kappa shape index (κ3) is 8.21. The molecule has 140 valence electrons. The lowest BCUT2D eigenvalue weighted by atomic mass is 10.3. The molecule has 1 rings (SSSR count). The van der Waals surface area contributed by atoms with E-state index in [2.05, 4.69) is 40.5 Å². The molecule has 0 aromatic rings. The van der Waals surface area contributed by atoms with Crippen molar-refractivity contribution in [3.8, 4) is 0 Å². The molecule has 0 aromatic heterocycles. The van der Waals surface area contributed by atoms with Crippen LogP contribution in [0.25, 0.3) is 0 Å². The molecule has 1 saturated heterocycles. The summed E-state index contributed by atoms with van der Waals surface area (Å²) in [6.45, 7) is 11.1. The summed E-state index contributed by atoms with van der Waals surface area (Å²) in [5, 5.41) is 6.77. The topological polar surface area (TPSA) is 69.2 Å². The lowest BCUT2D eigenvalue weighted by Crippen LogP contribution is -2.54. The molecule has 24 heavy (non-hydrogen) atoms. The fourth-order valence-corrected chi connectivity index (χ4v) is 2.61. The minimum absolute atomic E-state index is 0.0647. The zero-order valence-electron chi connectivity index (χ0n) is 15.5. The number of amides is 1. The second kappa shape index (κ2) is 12.4. The van der Waals surface area contributed by atoms with Crippen molar-refractivity contribution in [1.82, 2.24) is 20.4 Å². The fraction of sp³-hybridized carbons (Fsp3) is 0.875. The van der Waals surface area contributed by atoms with E-state index >= 15 is 0 Å². The summed E-state index contributed by atoms with van der Waals surface area (Å²) in [4.78, 5) is 21.1. The Morgan fingerprint density at radius 2 is 2.00 bits per heavy atom. The average Bonchev–Trinajstić information content (AvgIpc) is 2.59. The lowest BCUT2D eigenvalue weighted by molar-refractivity contribution is -0.122. The van der Waals surface area contributed by atoms with Crippen LogP contribution >= 0.6 is 11.8 Å². The molecule has 2 N–H and O–H groups in total. The SMILES string of the molecule is CCNC(=NCC(C)SC)N1CCN(CC(=O)NCCOC)CC1. The van der Waals surface area contributed by atoms with Gasteiger partial charge in [-0.3, -0.25) is 14.7 Å². The van der Waals surface area contributed by atoms with Gasteiger partial charge in [-0.05, 0) is 13.2 Å². The quantitative estimate of drug-likeness (QED) is 0.345. The number of thioether (sulfide) groups is 1. The molecule has 1 amide bonds. The van der Waals surface area contributed by atoms with E-state index in [0.29, 0.717) is 24.9 Å². The largest absolute Gasteiger partial charge is 0.383 e. The first-order valence-corrected chi connectivity index (χ1v) is 9.93. The van der Waals surface area contributed by atoms with Crippen LogP contribution < -0.4 is 10.6 Å². The Morgan fingerprint density at radius 1 is 1.29 bits per heavy atom. The normalized spacial score (nSPS) is 17.7. The van der Waals surface area contributed by atoms with E-state index in [9.17, 15) is 4.79 Å². The highest BCUT2D eigenvalue weighted by molar-refractivity contribution is 7.99. The predicted octanol–water partition coefficient (Wildman–Crippen LogP) is 0.0836. The number of methoxy groups -OCH3 is 1. The molecular formula is C16H33N5O2S. The average molecular weight is 360 g/mol. The summed E-state index contributed by atoms with van der Waals surface area (Å²) in [5.41, 5.74) is 0. The van der Waals surface area contributed by atoms with Gasteiger partial charge in [0.2, 0.25) is 5.91 Å². The smallest absolute Gasteiger partial charge is 0.234 e. The van der Waals surface area contributed by atoms with Gasteiger partial charge in [-0.15, -0.1) is 0 Å². The molecule has 1 unspecified atom stereocenters. The molecule has 0 aliphatic carbocycles. The summed E-state index contributed by atoms with van der Waals surface area (Å²) < 4.78 is 4.94. The first-order valence-electron chi connectivity index (χ1n) is 8.64. The molecule has 0 aromatic carbocycles. The number of hydrogen-bond donors (Lipinski definition) is 2. The number of guanidine groups is 1. The maximum Gasteiger partial charge on any atom is 0.234 e. The Hall–Kier alpha value is -0.990. The summed E-state index contributed by atoms with van der Waals surface area (Å²) >= 11 is 1.83. The number of carbonyl (C=O) groups is 1. The van der Waals surface area contributed by atoms with Gasteiger partial charge in [0.1, 0.15) is 0 Å². The summed E-state index contributed by atoms with van der Waals surface area (Å²) in [5.74, 6) is 1.05. The molecule has 1 aliphatic heterocycles. The third-order valence-electron chi connectivity index (χ3n) is 3.90. The number of piperazine rings is 1. The van der Waals surface area contributed by atoms with Crippen LogP contribution in [0.4, 0.5) is 0 Å². The monoisotopic (exact) mass is 359 g/mol. The molecule has 0 radical (unpaired) electrons. The Balaban J connectivity index is 2.39. The van der Waals surface area contributed by atoms with Crippen LogP contribution in [0.5, 0.6) is 0 Å². The maximum atomic E-state index is 11.9. The van der Waals surface area contributed by atoms with Crippen molar-refractivity contribution in [2.75, 3.05) is 72.3 Å². The van der Waals surface area contributed by atoms with Gasteiger partial charge in [0.15, 0.2) is 5.96 Å². The number of nitrogens with zero attached hydrogens (tertiary/aromatic N) is 3. The molecular weight excluding hydrogens is 326 g/mol. The van der Waals surface area contributed by atoms with Crippen molar-refractivity contribution in [3.63, 3.8) is 0 Å². The van der Waals surface area contributed by atoms with E-state index in [4.69, 9.17) is 9.73 Å². The van der Waals surface area contributed by atoms with E-state index in [-0.39, 0.29) is 5.91 Å². The van der Waals surface area contributed by atoms with Crippen molar-refractivity contribution in [2.45, 2.75) is 19.1 Å². The molecule has 1 atom stereocenters. The summed E-state index contributed by atoms with van der Waals surface area (Å²) in [7, 11) is 1.63. The standard InChI is InChI=1S/C16H33N5O2S/c1-5-17-16(19-12-14(2)24-4)21-9-7-20(8-10-21)13-15(22)18-6-11-23-3/h14H,5-13H2,1-4H3,(H,17,19)(H,18,22). The van der Waals surface area contributed by atoms with Gasteiger partial charge in [-0.2, -0.15) is 11.8 Å². The Kier molecular flexibility index (Phi) is 10.9. The van der Waals surface area contributed by atoms with Gasteiger partial charge in [-0.1, -0.05) is 6.92 Å². The van der Waals surface area contributed by atoms with E-state index < -0.39 is 0 Å². The Bertz CT molecular complexity index is 387. The highest BCUT2D eigenvalue weighted by atomic mass is 32.2. The molecule has 0 saturated carbocycles. The zero-order valence-corrected chi connectivity index (χ0v) is 16.3. The van der Waals surface area contributed by atoms with Crippen LogP contribution in [0.15, 0.2) is 4.99 Å². The van der Waals surface area contributed by atoms with Gasteiger partial charge >= 0.3 is 0 Å². The second-order valence-electron chi connectivity index (χ2n) is 5.85. The first kappa shape index (κ1) is 21.1. The van der Waals surface area contributed by atoms with Crippen LogP contribution in [-0.2, 0) is 9.53 Å². The van der Waals surface area contributed by atoms with Crippen molar-refractivity contribution < 1.29 is 9.53 Å². The Morgan fingerprint density at radius 3 is 2.58 bits per heavy atom. The minimum atomic E-state index is 0.0647. The van der Waals surface area contributed by atoms with Crippen LogP contribution in [0.3, 0.4) is 0 Å². The maximum absolute atomic E-state index is 11.9. The van der Waals surface area contributed by atoms with Crippen molar-refractivity contribution in [2.24, 2.45) is 4.99 Å². The molecule has 1 heterocycles. The van der Waals surface area contributed by atoms with Gasteiger partial charge in [0.25, 0.3) is 0 Å². The van der Waals surface area contributed by atoms with Crippen molar-refractivity contribution in [1.29, 1.82) is 0 Å². The Labute approximate surface area is 150 Å².